The Bertz CT molecular complexity index is 1410. The zero-order chi connectivity index (χ0) is 30.2. The lowest BCUT2D eigenvalue weighted by Gasteiger charge is -2.33. The fourth-order valence-electron chi connectivity index (χ4n) is 4.33. The lowest BCUT2D eigenvalue weighted by molar-refractivity contribution is -0.140. The first-order chi connectivity index (χ1) is 19.5. The number of hydrogen-bond donors (Lipinski definition) is 1. The molecule has 1 unspecified atom stereocenters. The van der Waals surface area contributed by atoms with Crippen LogP contribution in [0.1, 0.15) is 45.2 Å². The van der Waals surface area contributed by atoms with Crippen LogP contribution in [0, 0.1) is 12.7 Å². The summed E-state index contributed by atoms with van der Waals surface area (Å²) < 4.78 is 48.0. The molecular formula is C31H38FN3O5S. The first kappa shape index (κ1) is 31.6. The molecule has 10 heteroatoms. The Balaban J connectivity index is 2.04. The van der Waals surface area contributed by atoms with Gasteiger partial charge in [0.25, 0.3) is 10.0 Å². The summed E-state index contributed by atoms with van der Waals surface area (Å²) in [6.45, 7) is 9.15. The molecule has 0 radical (unpaired) electrons. The molecule has 0 fully saturated rings. The van der Waals surface area contributed by atoms with E-state index in [9.17, 15) is 22.4 Å². The van der Waals surface area contributed by atoms with Crippen LogP contribution in [0.25, 0.3) is 0 Å². The molecule has 0 aliphatic heterocycles. The van der Waals surface area contributed by atoms with Gasteiger partial charge in [-0.25, -0.2) is 12.8 Å². The Labute approximate surface area is 242 Å². The molecule has 1 atom stereocenters. The van der Waals surface area contributed by atoms with E-state index in [1.54, 1.807) is 6.92 Å². The molecule has 8 nitrogen and oxygen atoms in total. The van der Waals surface area contributed by atoms with Crippen LogP contribution in [-0.2, 0) is 26.2 Å². The maximum Gasteiger partial charge on any atom is 0.264 e. The van der Waals surface area contributed by atoms with Crippen LogP contribution < -0.4 is 14.4 Å². The van der Waals surface area contributed by atoms with Gasteiger partial charge in [-0.05, 0) is 88.2 Å². The molecule has 0 saturated heterocycles. The normalized spacial score (nSPS) is 12.1. The highest BCUT2D eigenvalue weighted by molar-refractivity contribution is 7.92. The number of halogens is 1. The maximum atomic E-state index is 14.0. The van der Waals surface area contributed by atoms with Gasteiger partial charge in [0.2, 0.25) is 11.8 Å². The van der Waals surface area contributed by atoms with E-state index < -0.39 is 34.3 Å². The topological polar surface area (TPSA) is 96.0 Å². The summed E-state index contributed by atoms with van der Waals surface area (Å²) in [5.41, 5.74) is 1.95. The molecule has 220 valence electrons. The van der Waals surface area contributed by atoms with E-state index in [0.717, 1.165) is 27.6 Å². The van der Waals surface area contributed by atoms with Crippen LogP contribution in [0.4, 0.5) is 10.1 Å². The number of sulfonamides is 1. The minimum absolute atomic E-state index is 0.0623. The standard InChI is InChI=1S/C31H38FN3O5S/c1-6-29(31(37)33-22(3)4)34(20-24-10-8-23(5)9-11-24)30(36)21-35(26-14-12-25(32)13-15-26)41(38,39)28-18-16-27(17-19-28)40-7-2/h8-19,22,29H,6-7,20-21H2,1-5H3,(H,33,37). The quantitative estimate of drug-likeness (QED) is 0.304. The first-order valence-corrected chi connectivity index (χ1v) is 15.1. The van der Waals surface area contributed by atoms with Gasteiger partial charge in [-0.15, -0.1) is 0 Å². The number of nitrogens with zero attached hydrogens (tertiary/aromatic N) is 2. The summed E-state index contributed by atoms with van der Waals surface area (Å²) in [4.78, 5) is 28.5. The number of benzene rings is 3. The van der Waals surface area contributed by atoms with E-state index in [2.05, 4.69) is 5.32 Å². The molecule has 41 heavy (non-hydrogen) atoms. The number of carbonyl (C=O) groups is 2. The van der Waals surface area contributed by atoms with Gasteiger partial charge in [-0.1, -0.05) is 36.8 Å². The summed E-state index contributed by atoms with van der Waals surface area (Å²) >= 11 is 0. The van der Waals surface area contributed by atoms with E-state index in [4.69, 9.17) is 4.74 Å². The third-order valence-electron chi connectivity index (χ3n) is 6.41. The van der Waals surface area contributed by atoms with E-state index >= 15 is 0 Å². The molecule has 2 amide bonds. The average molecular weight is 584 g/mol. The third kappa shape index (κ3) is 8.29. The van der Waals surface area contributed by atoms with Crippen molar-refractivity contribution in [1.29, 1.82) is 0 Å². The number of carbonyl (C=O) groups excluding carboxylic acids is 2. The van der Waals surface area contributed by atoms with Crippen molar-refractivity contribution in [3.8, 4) is 5.75 Å². The number of nitrogens with one attached hydrogen (secondary N) is 1. The molecule has 0 aromatic heterocycles. The molecule has 0 aliphatic rings. The second kappa shape index (κ2) is 14.1. The molecular weight excluding hydrogens is 545 g/mol. The van der Waals surface area contributed by atoms with Gasteiger partial charge in [-0.3, -0.25) is 13.9 Å². The summed E-state index contributed by atoms with van der Waals surface area (Å²) in [6, 6.07) is 17.3. The highest BCUT2D eigenvalue weighted by Crippen LogP contribution is 2.26. The van der Waals surface area contributed by atoms with Gasteiger partial charge >= 0.3 is 0 Å². The van der Waals surface area contributed by atoms with E-state index in [0.29, 0.717) is 18.8 Å². The van der Waals surface area contributed by atoms with Gasteiger partial charge in [0.05, 0.1) is 17.2 Å². The minimum atomic E-state index is -4.27. The van der Waals surface area contributed by atoms with Crippen LogP contribution in [0.3, 0.4) is 0 Å². The van der Waals surface area contributed by atoms with E-state index in [1.165, 1.54) is 41.3 Å². The first-order valence-electron chi connectivity index (χ1n) is 13.6. The van der Waals surface area contributed by atoms with Gasteiger partial charge in [0.15, 0.2) is 0 Å². The van der Waals surface area contributed by atoms with Crippen LogP contribution in [0.2, 0.25) is 0 Å². The van der Waals surface area contributed by atoms with Crippen LogP contribution in [-0.4, -0.2) is 50.4 Å². The number of amides is 2. The predicted octanol–water partition coefficient (Wildman–Crippen LogP) is 5.06. The number of hydrogen-bond acceptors (Lipinski definition) is 5. The van der Waals surface area contributed by atoms with Gasteiger partial charge < -0.3 is 15.0 Å². The highest BCUT2D eigenvalue weighted by Gasteiger charge is 2.34. The van der Waals surface area contributed by atoms with Crippen molar-refractivity contribution in [1.82, 2.24) is 10.2 Å². The Morgan fingerprint density at radius 3 is 2.07 bits per heavy atom. The van der Waals surface area contributed by atoms with Crippen molar-refractivity contribution < 1.29 is 27.1 Å². The van der Waals surface area contributed by atoms with Crippen molar-refractivity contribution in [2.75, 3.05) is 17.5 Å². The molecule has 0 heterocycles. The smallest absolute Gasteiger partial charge is 0.264 e. The highest BCUT2D eigenvalue weighted by atomic mass is 32.2. The summed E-state index contributed by atoms with van der Waals surface area (Å²) in [5, 5.41) is 2.87. The predicted molar refractivity (Wildman–Crippen MR) is 158 cm³/mol. The maximum absolute atomic E-state index is 14.0. The second-order valence-electron chi connectivity index (χ2n) is 9.99. The SMILES string of the molecule is CCOc1ccc(S(=O)(=O)N(CC(=O)N(Cc2ccc(C)cc2)C(CC)C(=O)NC(C)C)c2ccc(F)cc2)cc1. The second-order valence-corrected chi connectivity index (χ2v) is 11.8. The largest absolute Gasteiger partial charge is 0.494 e. The van der Waals surface area contributed by atoms with Crippen LogP contribution >= 0.6 is 0 Å². The molecule has 1 N–H and O–H groups in total. The van der Waals surface area contributed by atoms with Gasteiger partial charge in [-0.2, -0.15) is 0 Å². The average Bonchev–Trinajstić information content (AvgIpc) is 2.93. The Hall–Kier alpha value is -3.92. The number of rotatable bonds is 13. The van der Waals surface area contributed by atoms with Crippen molar-refractivity contribution in [2.45, 2.75) is 64.6 Å². The lowest BCUT2D eigenvalue weighted by Crippen LogP contribution is -2.53. The van der Waals surface area contributed by atoms with Crippen molar-refractivity contribution in [2.24, 2.45) is 0 Å². The van der Waals surface area contributed by atoms with Crippen molar-refractivity contribution in [3.05, 3.63) is 89.7 Å². The van der Waals surface area contributed by atoms with Gasteiger partial charge in [0, 0.05) is 12.6 Å². The number of anilines is 1. The third-order valence-corrected chi connectivity index (χ3v) is 8.19. The summed E-state index contributed by atoms with van der Waals surface area (Å²) in [7, 11) is -4.27. The molecule has 3 rings (SSSR count). The Morgan fingerprint density at radius 2 is 1.54 bits per heavy atom. The summed E-state index contributed by atoms with van der Waals surface area (Å²) in [6.07, 6.45) is 0.318. The van der Waals surface area contributed by atoms with Crippen molar-refractivity contribution in [3.63, 3.8) is 0 Å². The zero-order valence-corrected chi connectivity index (χ0v) is 24.9. The monoisotopic (exact) mass is 583 g/mol. The molecule has 0 spiro atoms. The fourth-order valence-corrected chi connectivity index (χ4v) is 5.74. The minimum Gasteiger partial charge on any atom is -0.494 e. The molecule has 3 aromatic rings. The Kier molecular flexibility index (Phi) is 10.9. The fraction of sp³-hybridized carbons (Fsp3) is 0.355. The molecule has 0 aliphatic carbocycles. The molecule has 0 saturated carbocycles. The summed E-state index contributed by atoms with van der Waals surface area (Å²) in [5.74, 6) is -0.946. The van der Waals surface area contributed by atoms with Crippen LogP contribution in [0.5, 0.6) is 5.75 Å². The molecule has 0 bridgehead atoms. The van der Waals surface area contributed by atoms with E-state index in [-0.39, 0.29) is 29.1 Å². The van der Waals surface area contributed by atoms with Gasteiger partial charge in [0.1, 0.15) is 24.2 Å². The zero-order valence-electron chi connectivity index (χ0n) is 24.1. The number of aryl methyl sites for hydroxylation is 1. The van der Waals surface area contributed by atoms with E-state index in [1.807, 2.05) is 52.0 Å². The van der Waals surface area contributed by atoms with Crippen molar-refractivity contribution >= 4 is 27.5 Å². The Morgan fingerprint density at radius 1 is 0.927 bits per heavy atom. The number of ether oxygens (including phenoxy) is 1. The van der Waals surface area contributed by atoms with Crippen LogP contribution in [0.15, 0.2) is 77.7 Å². The lowest BCUT2D eigenvalue weighted by atomic mass is 10.1. The molecule has 3 aromatic carbocycles.